The Morgan fingerprint density at radius 3 is 2.78 bits per heavy atom. The molecule has 0 spiro atoms. The third-order valence-corrected chi connectivity index (χ3v) is 2.72. The largest absolute Gasteiger partial charge is 0.481 e. The topological polar surface area (TPSA) is 106 Å². The van der Waals surface area contributed by atoms with Gasteiger partial charge in [0.25, 0.3) is 0 Å². The van der Waals surface area contributed by atoms with Gasteiger partial charge in [-0.2, -0.15) is 0 Å². The van der Waals surface area contributed by atoms with E-state index < -0.39 is 17.8 Å². The lowest BCUT2D eigenvalue weighted by Gasteiger charge is -1.99. The van der Waals surface area contributed by atoms with Gasteiger partial charge in [0.05, 0.1) is 25.6 Å². The molecule has 2 N–H and O–H groups in total. The third-order valence-electron chi connectivity index (χ3n) is 1.92. The van der Waals surface area contributed by atoms with E-state index in [1.807, 2.05) is 0 Å². The molecule has 0 saturated carbocycles. The molecule has 0 saturated heterocycles. The lowest BCUT2D eigenvalue weighted by molar-refractivity contribution is -0.140. The molecule has 1 aromatic rings. The summed E-state index contributed by atoms with van der Waals surface area (Å²) >= 11 is 1.17. The van der Waals surface area contributed by atoms with Crippen LogP contribution < -0.4 is 5.32 Å². The Bertz CT molecular complexity index is 457. The van der Waals surface area contributed by atoms with Crippen molar-refractivity contribution >= 4 is 34.3 Å². The molecule has 7 nitrogen and oxygen atoms in total. The molecule has 0 aromatic carbocycles. The molecular weight excluding hydrogens is 260 g/mol. The van der Waals surface area contributed by atoms with Crippen molar-refractivity contribution in [3.8, 4) is 0 Å². The molecule has 0 aliphatic rings. The van der Waals surface area contributed by atoms with Crippen LogP contribution in [0, 0.1) is 0 Å². The van der Waals surface area contributed by atoms with Gasteiger partial charge in [0.15, 0.2) is 5.13 Å². The number of carboxylic acid groups (broad SMARTS) is 1. The minimum atomic E-state index is -1.03. The molecule has 18 heavy (non-hydrogen) atoms. The van der Waals surface area contributed by atoms with Crippen LogP contribution in [0.3, 0.4) is 0 Å². The molecule has 1 amide bonds. The predicted octanol–water partition coefficient (Wildman–Crippen LogP) is 0.662. The number of anilines is 1. The van der Waals surface area contributed by atoms with Crippen molar-refractivity contribution in [1.82, 2.24) is 4.98 Å². The summed E-state index contributed by atoms with van der Waals surface area (Å²) in [6, 6.07) is 0. The molecule has 0 atom stereocenters. The van der Waals surface area contributed by atoms with Crippen LogP contribution in [0.1, 0.15) is 18.5 Å². The van der Waals surface area contributed by atoms with Gasteiger partial charge in [-0.25, -0.2) is 4.98 Å². The first-order valence-electron chi connectivity index (χ1n) is 5.04. The molecule has 0 radical (unpaired) electrons. The zero-order valence-corrected chi connectivity index (χ0v) is 10.5. The van der Waals surface area contributed by atoms with Crippen LogP contribution in [-0.2, 0) is 25.5 Å². The van der Waals surface area contributed by atoms with Gasteiger partial charge >= 0.3 is 11.9 Å². The van der Waals surface area contributed by atoms with Gasteiger partial charge in [-0.15, -0.1) is 11.3 Å². The second-order valence-corrected chi connectivity index (χ2v) is 4.20. The monoisotopic (exact) mass is 272 g/mol. The molecule has 0 aliphatic heterocycles. The van der Waals surface area contributed by atoms with E-state index >= 15 is 0 Å². The van der Waals surface area contributed by atoms with E-state index in [0.717, 1.165) is 0 Å². The summed E-state index contributed by atoms with van der Waals surface area (Å²) in [7, 11) is 1.28. The van der Waals surface area contributed by atoms with Crippen molar-refractivity contribution in [2.75, 3.05) is 12.4 Å². The highest BCUT2D eigenvalue weighted by Crippen LogP contribution is 2.16. The number of rotatable bonds is 6. The number of thiazole rings is 1. The molecule has 0 bridgehead atoms. The Kier molecular flexibility index (Phi) is 5.25. The highest BCUT2D eigenvalue weighted by molar-refractivity contribution is 7.13. The molecule has 0 fully saturated rings. The number of aromatic nitrogens is 1. The first-order valence-corrected chi connectivity index (χ1v) is 5.92. The minimum absolute atomic E-state index is 0.0397. The van der Waals surface area contributed by atoms with E-state index in [2.05, 4.69) is 15.0 Å². The molecule has 0 aliphatic carbocycles. The van der Waals surface area contributed by atoms with Crippen molar-refractivity contribution in [3.63, 3.8) is 0 Å². The van der Waals surface area contributed by atoms with E-state index in [1.54, 1.807) is 5.38 Å². The SMILES string of the molecule is COC(=O)Cc1csc(NC(=O)CCC(=O)O)n1. The lowest BCUT2D eigenvalue weighted by Crippen LogP contribution is -2.13. The summed E-state index contributed by atoms with van der Waals surface area (Å²) in [5, 5.41) is 12.8. The highest BCUT2D eigenvalue weighted by Gasteiger charge is 2.10. The standard InChI is InChI=1S/C10H12N2O5S/c1-17-9(16)4-6-5-18-10(11-6)12-7(13)2-3-8(14)15/h5H,2-4H2,1H3,(H,14,15)(H,11,12,13). The number of carbonyl (C=O) groups is 3. The fraction of sp³-hybridized carbons (Fsp3) is 0.400. The Morgan fingerprint density at radius 2 is 2.17 bits per heavy atom. The molecular formula is C10H12N2O5S. The van der Waals surface area contributed by atoms with Crippen molar-refractivity contribution in [2.45, 2.75) is 19.3 Å². The average molecular weight is 272 g/mol. The smallest absolute Gasteiger partial charge is 0.311 e. The number of esters is 1. The number of methoxy groups -OCH3 is 1. The van der Waals surface area contributed by atoms with E-state index in [0.29, 0.717) is 10.8 Å². The summed E-state index contributed by atoms with van der Waals surface area (Å²) in [5.41, 5.74) is 0.500. The number of amides is 1. The number of carbonyl (C=O) groups excluding carboxylic acids is 2. The number of nitrogens with one attached hydrogen (secondary N) is 1. The zero-order valence-electron chi connectivity index (χ0n) is 9.63. The maximum Gasteiger partial charge on any atom is 0.311 e. The number of nitrogens with zero attached hydrogens (tertiary/aromatic N) is 1. The number of hydrogen-bond acceptors (Lipinski definition) is 6. The van der Waals surface area contributed by atoms with Crippen LogP contribution >= 0.6 is 11.3 Å². The summed E-state index contributed by atoms with van der Waals surface area (Å²) in [6.07, 6.45) is -0.300. The first-order chi connectivity index (χ1) is 8.51. The maximum atomic E-state index is 11.3. The normalized spacial score (nSPS) is 9.83. The van der Waals surface area contributed by atoms with Crippen LogP contribution in [0.2, 0.25) is 0 Å². The van der Waals surface area contributed by atoms with E-state index in [4.69, 9.17) is 5.11 Å². The second kappa shape index (κ2) is 6.70. The molecule has 1 heterocycles. The summed E-state index contributed by atoms with van der Waals surface area (Å²) < 4.78 is 4.48. The van der Waals surface area contributed by atoms with Gasteiger partial charge in [-0.05, 0) is 0 Å². The first kappa shape index (κ1) is 14.1. The van der Waals surface area contributed by atoms with Crippen LogP contribution in [0.5, 0.6) is 0 Å². The molecule has 1 aromatic heterocycles. The number of carboxylic acids is 1. The molecule has 98 valence electrons. The van der Waals surface area contributed by atoms with Gasteiger partial charge in [0.1, 0.15) is 0 Å². The van der Waals surface area contributed by atoms with Gasteiger partial charge in [0.2, 0.25) is 5.91 Å². The number of ether oxygens (including phenoxy) is 1. The van der Waals surface area contributed by atoms with Crippen molar-refractivity contribution in [2.24, 2.45) is 0 Å². The van der Waals surface area contributed by atoms with Crippen LogP contribution in [0.15, 0.2) is 5.38 Å². The molecule has 8 heteroatoms. The van der Waals surface area contributed by atoms with E-state index in [1.165, 1.54) is 18.4 Å². The second-order valence-electron chi connectivity index (χ2n) is 3.34. The van der Waals surface area contributed by atoms with Crippen molar-refractivity contribution < 1.29 is 24.2 Å². The summed E-state index contributed by atoms with van der Waals surface area (Å²) in [4.78, 5) is 36.6. The van der Waals surface area contributed by atoms with Crippen LogP contribution in [0.25, 0.3) is 0 Å². The van der Waals surface area contributed by atoms with E-state index in [-0.39, 0.29) is 19.3 Å². The van der Waals surface area contributed by atoms with E-state index in [9.17, 15) is 14.4 Å². The Hall–Kier alpha value is -1.96. The Morgan fingerprint density at radius 1 is 1.44 bits per heavy atom. The van der Waals surface area contributed by atoms with Gasteiger partial charge in [-0.3, -0.25) is 14.4 Å². The van der Waals surface area contributed by atoms with Gasteiger partial charge in [-0.1, -0.05) is 0 Å². The Balaban J connectivity index is 2.46. The highest BCUT2D eigenvalue weighted by atomic mass is 32.1. The lowest BCUT2D eigenvalue weighted by atomic mass is 10.3. The van der Waals surface area contributed by atoms with Crippen LogP contribution in [0.4, 0.5) is 5.13 Å². The fourth-order valence-electron chi connectivity index (χ4n) is 1.07. The third kappa shape index (κ3) is 4.91. The summed E-state index contributed by atoms with van der Waals surface area (Å²) in [5.74, 6) is -1.86. The molecule has 1 rings (SSSR count). The fourth-order valence-corrected chi connectivity index (χ4v) is 1.79. The van der Waals surface area contributed by atoms with Gasteiger partial charge in [0, 0.05) is 11.8 Å². The summed E-state index contributed by atoms with van der Waals surface area (Å²) in [6.45, 7) is 0. The van der Waals surface area contributed by atoms with Crippen LogP contribution in [-0.4, -0.2) is 35.0 Å². The predicted molar refractivity (Wildman–Crippen MR) is 63.3 cm³/mol. The maximum absolute atomic E-state index is 11.3. The zero-order chi connectivity index (χ0) is 13.5. The molecule has 0 unspecified atom stereocenters. The van der Waals surface area contributed by atoms with Crippen molar-refractivity contribution in [1.29, 1.82) is 0 Å². The number of aliphatic carboxylic acids is 1. The average Bonchev–Trinajstić information content (AvgIpc) is 2.73. The Labute approximate surface area is 107 Å². The van der Waals surface area contributed by atoms with Crippen molar-refractivity contribution in [3.05, 3.63) is 11.1 Å². The quantitative estimate of drug-likeness (QED) is 0.737. The minimum Gasteiger partial charge on any atom is -0.481 e. The van der Waals surface area contributed by atoms with Gasteiger partial charge < -0.3 is 15.2 Å². The number of hydrogen-bond donors (Lipinski definition) is 2.